The summed E-state index contributed by atoms with van der Waals surface area (Å²) in [7, 11) is 0. The van der Waals surface area contributed by atoms with Gasteiger partial charge in [-0.15, -0.1) is 11.3 Å². The summed E-state index contributed by atoms with van der Waals surface area (Å²) in [5, 5.41) is 2.72. The third kappa shape index (κ3) is 2.62. The Labute approximate surface area is 121 Å². The van der Waals surface area contributed by atoms with Crippen LogP contribution in [-0.2, 0) is 9.59 Å². The Morgan fingerprint density at radius 3 is 2.68 bits per heavy atom. The van der Waals surface area contributed by atoms with Gasteiger partial charge in [-0.1, -0.05) is 18.5 Å². The molecule has 1 N–H and O–H groups in total. The van der Waals surface area contributed by atoms with Gasteiger partial charge in [-0.2, -0.15) is 0 Å². The van der Waals surface area contributed by atoms with Crippen molar-refractivity contribution in [1.29, 1.82) is 0 Å². The Morgan fingerprint density at radius 2 is 2.16 bits per heavy atom. The van der Waals surface area contributed by atoms with Crippen LogP contribution in [0.4, 0.5) is 0 Å². The van der Waals surface area contributed by atoms with Crippen molar-refractivity contribution >= 4 is 34.8 Å². The molecule has 0 aliphatic carbocycles. The highest BCUT2D eigenvalue weighted by Crippen LogP contribution is 2.33. The van der Waals surface area contributed by atoms with E-state index < -0.39 is 12.1 Å². The maximum Gasteiger partial charge on any atom is 0.246 e. The molecular weight excluding hydrogens is 284 g/mol. The number of nitrogens with zero attached hydrogens (tertiary/aromatic N) is 1. The molecule has 0 radical (unpaired) electrons. The smallest absolute Gasteiger partial charge is 0.246 e. The Balaban J connectivity index is 2.32. The molecule has 3 unspecified atom stereocenters. The molecule has 1 aromatic heterocycles. The van der Waals surface area contributed by atoms with Gasteiger partial charge in [-0.25, -0.2) is 0 Å². The number of piperazine rings is 1. The molecule has 2 amide bonds. The molecule has 6 heteroatoms. The second-order valence-corrected chi connectivity index (χ2v) is 6.46. The van der Waals surface area contributed by atoms with Gasteiger partial charge in [0.15, 0.2) is 0 Å². The van der Waals surface area contributed by atoms with Gasteiger partial charge in [0.1, 0.15) is 12.1 Å². The molecule has 1 aliphatic rings. The lowest BCUT2D eigenvalue weighted by Gasteiger charge is -2.41. The molecule has 4 nitrogen and oxygen atoms in total. The number of nitrogens with one attached hydrogen (secondary N) is 1. The number of rotatable bonds is 3. The fraction of sp³-hybridized carbons (Fsp3) is 0.538. The Morgan fingerprint density at radius 1 is 1.47 bits per heavy atom. The normalized spacial score (nSPS) is 25.4. The molecule has 1 aliphatic heterocycles. The van der Waals surface area contributed by atoms with Crippen LogP contribution < -0.4 is 5.32 Å². The first-order chi connectivity index (χ1) is 8.95. The summed E-state index contributed by atoms with van der Waals surface area (Å²) in [6.45, 7) is 5.57. The van der Waals surface area contributed by atoms with Crippen molar-refractivity contribution in [2.75, 3.05) is 0 Å². The number of thiophene rings is 1. The number of carbonyl (C=O) groups excluding carboxylic acids is 2. The van der Waals surface area contributed by atoms with Gasteiger partial charge in [0.05, 0.1) is 10.4 Å². The minimum Gasteiger partial charge on any atom is -0.343 e. The highest BCUT2D eigenvalue weighted by Gasteiger charge is 2.40. The summed E-state index contributed by atoms with van der Waals surface area (Å²) in [6, 6.07) is 2.72. The summed E-state index contributed by atoms with van der Waals surface area (Å²) in [5.74, 6) is -0.118. The van der Waals surface area contributed by atoms with Crippen molar-refractivity contribution in [1.82, 2.24) is 10.2 Å². The van der Waals surface area contributed by atoms with Gasteiger partial charge in [0.25, 0.3) is 0 Å². The number of hydrogen-bond acceptors (Lipinski definition) is 3. The second-order valence-electron chi connectivity index (χ2n) is 4.72. The molecule has 1 aromatic rings. The second kappa shape index (κ2) is 5.51. The molecule has 1 saturated heterocycles. The quantitative estimate of drug-likeness (QED) is 0.933. The average Bonchev–Trinajstić information content (AvgIpc) is 2.79. The lowest BCUT2D eigenvalue weighted by molar-refractivity contribution is -0.151. The average molecular weight is 301 g/mol. The van der Waals surface area contributed by atoms with E-state index in [-0.39, 0.29) is 17.9 Å². The van der Waals surface area contributed by atoms with Crippen LogP contribution in [0.1, 0.15) is 38.1 Å². The third-order valence-electron chi connectivity index (χ3n) is 3.43. The lowest BCUT2D eigenvalue weighted by Crippen LogP contribution is -2.62. The number of halogens is 1. The van der Waals surface area contributed by atoms with E-state index >= 15 is 0 Å². The molecule has 2 rings (SSSR count). The minimum atomic E-state index is -0.465. The van der Waals surface area contributed by atoms with Crippen LogP contribution in [0.3, 0.4) is 0 Å². The largest absolute Gasteiger partial charge is 0.343 e. The number of hydrogen-bond donors (Lipinski definition) is 1. The molecule has 1 fully saturated rings. The van der Waals surface area contributed by atoms with E-state index in [1.54, 1.807) is 11.8 Å². The first-order valence-corrected chi connectivity index (χ1v) is 7.53. The first-order valence-electron chi connectivity index (χ1n) is 6.33. The summed E-state index contributed by atoms with van der Waals surface area (Å²) in [6.07, 6.45) is 0.605. The van der Waals surface area contributed by atoms with Gasteiger partial charge in [-0.3, -0.25) is 9.59 Å². The van der Waals surface area contributed by atoms with E-state index in [9.17, 15) is 9.59 Å². The zero-order valence-corrected chi connectivity index (χ0v) is 12.7. The van der Waals surface area contributed by atoms with Crippen molar-refractivity contribution in [2.45, 2.75) is 45.3 Å². The Hall–Kier alpha value is -1.07. The van der Waals surface area contributed by atoms with Crippen molar-refractivity contribution in [2.24, 2.45) is 0 Å². The molecule has 0 saturated carbocycles. The van der Waals surface area contributed by atoms with Crippen molar-refractivity contribution in [3.05, 3.63) is 21.3 Å². The predicted molar refractivity (Wildman–Crippen MR) is 76.3 cm³/mol. The molecule has 0 bridgehead atoms. The molecule has 19 heavy (non-hydrogen) atoms. The molecular formula is C13H17ClN2O2S. The third-order valence-corrected chi connectivity index (χ3v) is 4.83. The van der Waals surface area contributed by atoms with Gasteiger partial charge >= 0.3 is 0 Å². The fourth-order valence-electron chi connectivity index (χ4n) is 2.41. The van der Waals surface area contributed by atoms with Crippen LogP contribution in [-0.4, -0.2) is 28.8 Å². The maximum absolute atomic E-state index is 12.3. The molecule has 104 valence electrons. The predicted octanol–water partition coefficient (Wildman–Crippen LogP) is 2.59. The number of amides is 2. The summed E-state index contributed by atoms with van der Waals surface area (Å²) in [5.41, 5.74) is 0. The van der Waals surface area contributed by atoms with Crippen LogP contribution in [0.15, 0.2) is 12.1 Å². The molecule has 2 heterocycles. The molecule has 0 spiro atoms. The lowest BCUT2D eigenvalue weighted by atomic mass is 10.0. The van der Waals surface area contributed by atoms with Crippen LogP contribution in [0.5, 0.6) is 0 Å². The zero-order chi connectivity index (χ0) is 14.2. The van der Waals surface area contributed by atoms with Crippen molar-refractivity contribution < 1.29 is 9.59 Å². The van der Waals surface area contributed by atoms with E-state index in [1.807, 2.05) is 26.0 Å². The summed E-state index contributed by atoms with van der Waals surface area (Å²) in [4.78, 5) is 27.0. The molecule has 0 aromatic carbocycles. The van der Waals surface area contributed by atoms with E-state index in [2.05, 4.69) is 5.32 Å². The first kappa shape index (κ1) is 14.3. The number of carbonyl (C=O) groups is 2. The Kier molecular flexibility index (Phi) is 4.16. The van der Waals surface area contributed by atoms with Crippen molar-refractivity contribution in [3.63, 3.8) is 0 Å². The van der Waals surface area contributed by atoms with E-state index in [0.29, 0.717) is 10.8 Å². The highest BCUT2D eigenvalue weighted by atomic mass is 35.5. The maximum atomic E-state index is 12.3. The van der Waals surface area contributed by atoms with Gasteiger partial charge in [0, 0.05) is 4.88 Å². The zero-order valence-electron chi connectivity index (χ0n) is 11.1. The van der Waals surface area contributed by atoms with Gasteiger partial charge in [0.2, 0.25) is 11.8 Å². The molecule has 3 atom stereocenters. The van der Waals surface area contributed by atoms with E-state index in [1.165, 1.54) is 11.3 Å². The Bertz CT molecular complexity index is 503. The minimum absolute atomic E-state index is 0.0385. The summed E-state index contributed by atoms with van der Waals surface area (Å²) < 4.78 is 0.692. The van der Waals surface area contributed by atoms with Crippen molar-refractivity contribution in [3.8, 4) is 0 Å². The van der Waals surface area contributed by atoms with Gasteiger partial charge in [-0.05, 0) is 32.4 Å². The topological polar surface area (TPSA) is 49.4 Å². The summed E-state index contributed by atoms with van der Waals surface area (Å²) >= 11 is 7.39. The SMILES string of the molecule is CCC1C(=O)NC(C)C(=O)N1C(C)c1ccc(Cl)s1. The van der Waals surface area contributed by atoms with Crippen LogP contribution in [0, 0.1) is 0 Å². The fourth-order valence-corrected chi connectivity index (χ4v) is 3.52. The standard InChI is InChI=1S/C13H17ClN2O2S/c1-4-9-12(17)15-7(2)13(18)16(9)8(3)10-5-6-11(14)19-10/h5-9H,4H2,1-3H3,(H,15,17). The van der Waals surface area contributed by atoms with E-state index in [4.69, 9.17) is 11.6 Å². The van der Waals surface area contributed by atoms with Crippen LogP contribution >= 0.6 is 22.9 Å². The van der Waals surface area contributed by atoms with Crippen LogP contribution in [0.25, 0.3) is 0 Å². The highest BCUT2D eigenvalue weighted by molar-refractivity contribution is 7.16. The van der Waals surface area contributed by atoms with Gasteiger partial charge < -0.3 is 10.2 Å². The van der Waals surface area contributed by atoms with Crippen LogP contribution in [0.2, 0.25) is 4.34 Å². The monoisotopic (exact) mass is 300 g/mol. The van der Waals surface area contributed by atoms with E-state index in [0.717, 1.165) is 4.88 Å².